The largest absolute Gasteiger partial charge is 0.490 e. The summed E-state index contributed by atoms with van der Waals surface area (Å²) in [6, 6.07) is 15.6. The highest BCUT2D eigenvalue weighted by Crippen LogP contribution is 2.30. The number of nitrogens with zero attached hydrogens (tertiary/aromatic N) is 2. The molecule has 1 heterocycles. The monoisotopic (exact) mass is 473 g/mol. The molecule has 2 aromatic carbocycles. The van der Waals surface area contributed by atoms with E-state index in [9.17, 15) is 31.4 Å². The molecule has 176 valence electrons. The standard InChI is InChI=1S/C19H16F3N3O.C2HF3O2/c20-19(21,22)15-8-6-13(7-9-15)16-10-18(25-12-24-16)23-11-17(26)14-4-2-1-3-5-14;3-2(4,5)1(6)7/h1-10,12,17,26H,11H2,(H,23,24,25);(H,6,7). The smallest absolute Gasteiger partial charge is 0.475 e. The van der Waals surface area contributed by atoms with Crippen molar-refractivity contribution in [3.63, 3.8) is 0 Å². The number of alkyl halides is 6. The van der Waals surface area contributed by atoms with Gasteiger partial charge in [-0.15, -0.1) is 0 Å². The Morgan fingerprint density at radius 1 is 0.939 bits per heavy atom. The van der Waals surface area contributed by atoms with E-state index in [1.807, 2.05) is 30.3 Å². The first kappa shape index (κ1) is 25.6. The van der Waals surface area contributed by atoms with Crippen LogP contribution in [0.5, 0.6) is 0 Å². The molecule has 3 aromatic rings. The van der Waals surface area contributed by atoms with Crippen molar-refractivity contribution >= 4 is 11.8 Å². The van der Waals surface area contributed by atoms with E-state index < -0.39 is 30.0 Å². The minimum absolute atomic E-state index is 0.244. The van der Waals surface area contributed by atoms with Gasteiger partial charge in [0.1, 0.15) is 12.1 Å². The lowest BCUT2D eigenvalue weighted by Crippen LogP contribution is -2.21. The Kier molecular flexibility index (Phi) is 8.35. The molecule has 0 aliphatic heterocycles. The number of halogens is 6. The molecule has 0 saturated heterocycles. The number of anilines is 1. The van der Waals surface area contributed by atoms with Crippen molar-refractivity contribution in [1.82, 2.24) is 9.97 Å². The first-order valence-corrected chi connectivity index (χ1v) is 9.14. The second-order valence-electron chi connectivity index (χ2n) is 6.47. The number of carboxylic acids is 1. The number of aliphatic carboxylic acids is 1. The zero-order valence-electron chi connectivity index (χ0n) is 16.6. The zero-order valence-corrected chi connectivity index (χ0v) is 16.6. The Balaban J connectivity index is 0.000000479. The Morgan fingerprint density at radius 3 is 2.03 bits per heavy atom. The van der Waals surface area contributed by atoms with Gasteiger partial charge in [-0.25, -0.2) is 14.8 Å². The number of aromatic nitrogens is 2. The van der Waals surface area contributed by atoms with Gasteiger partial charge in [-0.3, -0.25) is 0 Å². The molecule has 1 unspecified atom stereocenters. The van der Waals surface area contributed by atoms with Crippen molar-refractivity contribution in [2.24, 2.45) is 0 Å². The van der Waals surface area contributed by atoms with Gasteiger partial charge >= 0.3 is 18.3 Å². The summed E-state index contributed by atoms with van der Waals surface area (Å²) in [5, 5.41) is 20.3. The summed E-state index contributed by atoms with van der Waals surface area (Å²) < 4.78 is 69.7. The minimum atomic E-state index is -5.08. The van der Waals surface area contributed by atoms with Gasteiger partial charge < -0.3 is 15.5 Å². The highest BCUT2D eigenvalue weighted by molar-refractivity contribution is 5.73. The topological polar surface area (TPSA) is 95.3 Å². The molecule has 0 fully saturated rings. The number of carboxylic acid groups (broad SMARTS) is 1. The number of rotatable bonds is 5. The number of aliphatic hydroxyl groups excluding tert-OH is 1. The summed E-state index contributed by atoms with van der Waals surface area (Å²) in [6.07, 6.45) is -8.84. The number of benzene rings is 2. The van der Waals surface area contributed by atoms with Crippen LogP contribution in [0.2, 0.25) is 0 Å². The van der Waals surface area contributed by atoms with Gasteiger partial charge in [-0.1, -0.05) is 42.5 Å². The summed E-state index contributed by atoms with van der Waals surface area (Å²) in [5.41, 5.74) is 1.11. The zero-order chi connectivity index (χ0) is 24.6. The number of hydrogen-bond donors (Lipinski definition) is 3. The maximum absolute atomic E-state index is 12.6. The number of nitrogens with one attached hydrogen (secondary N) is 1. The van der Waals surface area contributed by atoms with E-state index in [1.54, 1.807) is 6.07 Å². The lowest BCUT2D eigenvalue weighted by molar-refractivity contribution is -0.192. The van der Waals surface area contributed by atoms with Gasteiger partial charge in [0, 0.05) is 18.2 Å². The molecule has 0 radical (unpaired) electrons. The van der Waals surface area contributed by atoms with E-state index in [0.29, 0.717) is 17.1 Å². The second-order valence-corrected chi connectivity index (χ2v) is 6.47. The number of aliphatic hydroxyl groups is 1. The molecule has 0 bridgehead atoms. The number of carbonyl (C=O) groups is 1. The van der Waals surface area contributed by atoms with Crippen LogP contribution in [-0.4, -0.2) is 38.9 Å². The van der Waals surface area contributed by atoms with Crippen molar-refractivity contribution in [2.75, 3.05) is 11.9 Å². The van der Waals surface area contributed by atoms with Gasteiger partial charge in [0.05, 0.1) is 17.4 Å². The van der Waals surface area contributed by atoms with Crippen molar-refractivity contribution < 1.29 is 41.4 Å². The molecule has 0 aliphatic rings. The highest BCUT2D eigenvalue weighted by atomic mass is 19.4. The lowest BCUT2D eigenvalue weighted by Gasteiger charge is -2.13. The number of hydrogen-bond acceptors (Lipinski definition) is 5. The van der Waals surface area contributed by atoms with Crippen LogP contribution in [0.15, 0.2) is 67.0 Å². The Bertz CT molecular complexity index is 1040. The third-order valence-electron chi connectivity index (χ3n) is 4.08. The van der Waals surface area contributed by atoms with E-state index in [0.717, 1.165) is 17.7 Å². The summed E-state index contributed by atoms with van der Waals surface area (Å²) in [5.74, 6) is -2.28. The second kappa shape index (κ2) is 10.8. The predicted octanol–water partition coefficient (Wildman–Crippen LogP) is 4.94. The first-order chi connectivity index (χ1) is 15.4. The summed E-state index contributed by atoms with van der Waals surface area (Å²) >= 11 is 0. The van der Waals surface area contributed by atoms with Crippen LogP contribution in [-0.2, 0) is 11.0 Å². The maximum Gasteiger partial charge on any atom is 0.490 e. The molecular weight excluding hydrogens is 456 g/mol. The van der Waals surface area contributed by atoms with Gasteiger partial charge in [0.2, 0.25) is 0 Å². The minimum Gasteiger partial charge on any atom is -0.475 e. The van der Waals surface area contributed by atoms with Gasteiger partial charge in [0.15, 0.2) is 0 Å². The van der Waals surface area contributed by atoms with E-state index in [4.69, 9.17) is 9.90 Å². The van der Waals surface area contributed by atoms with E-state index in [1.165, 1.54) is 18.5 Å². The van der Waals surface area contributed by atoms with Crippen LogP contribution >= 0.6 is 0 Å². The Hall–Kier alpha value is -3.67. The summed E-state index contributed by atoms with van der Waals surface area (Å²) in [7, 11) is 0. The molecule has 0 aliphatic carbocycles. The molecule has 3 rings (SSSR count). The Labute approximate surface area is 183 Å². The van der Waals surface area contributed by atoms with Gasteiger partial charge in [0.25, 0.3) is 0 Å². The molecule has 1 aromatic heterocycles. The van der Waals surface area contributed by atoms with E-state index in [2.05, 4.69) is 15.3 Å². The third-order valence-corrected chi connectivity index (χ3v) is 4.08. The molecule has 33 heavy (non-hydrogen) atoms. The van der Waals surface area contributed by atoms with Crippen LogP contribution in [0.3, 0.4) is 0 Å². The van der Waals surface area contributed by atoms with Crippen molar-refractivity contribution in [3.8, 4) is 11.3 Å². The molecule has 6 nitrogen and oxygen atoms in total. The fourth-order valence-corrected chi connectivity index (χ4v) is 2.44. The van der Waals surface area contributed by atoms with Crippen molar-refractivity contribution in [3.05, 3.63) is 78.1 Å². The van der Waals surface area contributed by atoms with Crippen LogP contribution in [0.4, 0.5) is 32.2 Å². The average molecular weight is 473 g/mol. The maximum atomic E-state index is 12.6. The third kappa shape index (κ3) is 8.07. The molecule has 3 N–H and O–H groups in total. The van der Waals surface area contributed by atoms with Crippen LogP contribution < -0.4 is 5.32 Å². The molecule has 1 atom stereocenters. The van der Waals surface area contributed by atoms with Gasteiger partial charge in [-0.05, 0) is 17.7 Å². The highest BCUT2D eigenvalue weighted by Gasteiger charge is 2.38. The fourth-order valence-electron chi connectivity index (χ4n) is 2.44. The molecular formula is C21H17F6N3O3. The average Bonchev–Trinajstić information content (AvgIpc) is 2.77. The Morgan fingerprint density at radius 2 is 1.52 bits per heavy atom. The lowest BCUT2D eigenvalue weighted by atomic mass is 10.1. The fraction of sp³-hybridized carbons (Fsp3) is 0.190. The first-order valence-electron chi connectivity index (χ1n) is 9.14. The SMILES string of the molecule is O=C(O)C(F)(F)F.OC(CNc1cc(-c2ccc(C(F)(F)F)cc2)ncn1)c1ccccc1. The van der Waals surface area contributed by atoms with E-state index in [-0.39, 0.29) is 6.54 Å². The van der Waals surface area contributed by atoms with Crippen LogP contribution in [0.1, 0.15) is 17.2 Å². The molecule has 0 spiro atoms. The van der Waals surface area contributed by atoms with Crippen molar-refractivity contribution in [2.45, 2.75) is 18.5 Å². The summed E-state index contributed by atoms with van der Waals surface area (Å²) in [4.78, 5) is 17.1. The molecule has 0 amide bonds. The quantitative estimate of drug-likeness (QED) is 0.455. The summed E-state index contributed by atoms with van der Waals surface area (Å²) in [6.45, 7) is 0.244. The van der Waals surface area contributed by atoms with Crippen LogP contribution in [0.25, 0.3) is 11.3 Å². The predicted molar refractivity (Wildman–Crippen MR) is 106 cm³/mol. The van der Waals surface area contributed by atoms with Crippen LogP contribution in [0, 0.1) is 0 Å². The van der Waals surface area contributed by atoms with E-state index >= 15 is 0 Å². The van der Waals surface area contributed by atoms with Crippen molar-refractivity contribution in [1.29, 1.82) is 0 Å². The normalized spacial score (nSPS) is 12.3. The van der Waals surface area contributed by atoms with Gasteiger partial charge in [-0.2, -0.15) is 26.3 Å². The molecule has 12 heteroatoms. The molecule has 0 saturated carbocycles.